The molecule has 2 aliphatic rings. The third-order valence-electron chi connectivity index (χ3n) is 5.75. The van der Waals surface area contributed by atoms with E-state index in [1.165, 1.54) is 5.69 Å². The highest BCUT2D eigenvalue weighted by molar-refractivity contribution is 5.97. The number of amides is 2. The van der Waals surface area contributed by atoms with Gasteiger partial charge < -0.3 is 30.4 Å². The second-order valence-electron chi connectivity index (χ2n) is 7.99. The lowest BCUT2D eigenvalue weighted by molar-refractivity contribution is -0.122. The summed E-state index contributed by atoms with van der Waals surface area (Å²) in [6, 6.07) is 9.19. The Bertz CT molecular complexity index is 1080. The van der Waals surface area contributed by atoms with Crippen LogP contribution in [0, 0.1) is 0 Å². The first kappa shape index (κ1) is 22.7. The van der Waals surface area contributed by atoms with E-state index in [1.54, 1.807) is 14.0 Å². The third-order valence-corrected chi connectivity index (χ3v) is 5.75. The molecule has 0 fully saturated rings. The standard InChI is InChI=1S/C17H21N5O2.C6H9N3/c1-11(16(23)18-2)20-17(24)14-13-10-19-8-9-22(13)15(21-14)12-6-4-3-5-7-12;1-2-9-5-8-4-6(9)3-7-1/h3-7,11,19H,8-10H2,1-2H3,(H,18,23)(H,20,24);4-5,7H,1-3H2/t11-;/m0./s1. The van der Waals surface area contributed by atoms with E-state index in [0.29, 0.717) is 12.2 Å². The molecule has 2 amide bonds. The number of aromatic nitrogens is 4. The van der Waals surface area contributed by atoms with E-state index in [4.69, 9.17) is 0 Å². The van der Waals surface area contributed by atoms with Crippen molar-refractivity contribution in [1.29, 1.82) is 0 Å². The van der Waals surface area contributed by atoms with Crippen molar-refractivity contribution in [2.75, 3.05) is 20.1 Å². The van der Waals surface area contributed by atoms with Crippen molar-refractivity contribution < 1.29 is 9.59 Å². The Morgan fingerprint density at radius 2 is 1.85 bits per heavy atom. The number of rotatable bonds is 4. The molecule has 0 bridgehead atoms. The Morgan fingerprint density at radius 3 is 2.61 bits per heavy atom. The molecule has 0 saturated carbocycles. The zero-order valence-electron chi connectivity index (χ0n) is 19.0. The molecule has 4 heterocycles. The average molecular weight is 451 g/mol. The van der Waals surface area contributed by atoms with Gasteiger partial charge in [0.1, 0.15) is 11.9 Å². The minimum atomic E-state index is -0.614. The Morgan fingerprint density at radius 1 is 1.09 bits per heavy atom. The van der Waals surface area contributed by atoms with Crippen molar-refractivity contribution in [1.82, 2.24) is 40.4 Å². The van der Waals surface area contributed by atoms with Gasteiger partial charge >= 0.3 is 0 Å². The maximum atomic E-state index is 12.6. The van der Waals surface area contributed by atoms with Crippen LogP contribution in [0.4, 0.5) is 0 Å². The summed E-state index contributed by atoms with van der Waals surface area (Å²) < 4.78 is 4.25. The van der Waals surface area contributed by atoms with Gasteiger partial charge in [-0.1, -0.05) is 30.3 Å². The molecule has 5 rings (SSSR count). The first-order chi connectivity index (χ1) is 16.1. The van der Waals surface area contributed by atoms with Crippen LogP contribution in [0.1, 0.15) is 28.8 Å². The Balaban J connectivity index is 0.000000238. The van der Waals surface area contributed by atoms with Gasteiger partial charge in [0.15, 0.2) is 5.69 Å². The summed E-state index contributed by atoms with van der Waals surface area (Å²) >= 11 is 0. The summed E-state index contributed by atoms with van der Waals surface area (Å²) in [4.78, 5) is 32.8. The minimum Gasteiger partial charge on any atom is -0.357 e. The van der Waals surface area contributed by atoms with Crippen molar-refractivity contribution in [3.05, 3.63) is 59.9 Å². The molecule has 4 N–H and O–H groups in total. The van der Waals surface area contributed by atoms with E-state index in [1.807, 2.05) is 42.9 Å². The summed E-state index contributed by atoms with van der Waals surface area (Å²) in [6.45, 7) is 6.93. The quantitative estimate of drug-likeness (QED) is 0.460. The highest BCUT2D eigenvalue weighted by atomic mass is 16.2. The first-order valence-electron chi connectivity index (χ1n) is 11.2. The molecule has 174 valence electrons. The number of hydrogen-bond acceptors (Lipinski definition) is 6. The second-order valence-corrected chi connectivity index (χ2v) is 7.99. The van der Waals surface area contributed by atoms with Crippen LogP contribution in [-0.2, 0) is 31.0 Å². The number of imidazole rings is 2. The summed E-state index contributed by atoms with van der Waals surface area (Å²) in [5.41, 5.74) is 3.49. The summed E-state index contributed by atoms with van der Waals surface area (Å²) in [6.07, 6.45) is 3.79. The van der Waals surface area contributed by atoms with Gasteiger partial charge in [-0.25, -0.2) is 9.97 Å². The fourth-order valence-corrected chi connectivity index (χ4v) is 3.95. The van der Waals surface area contributed by atoms with Crippen LogP contribution in [0.3, 0.4) is 0 Å². The molecule has 2 aromatic heterocycles. The topological polar surface area (TPSA) is 118 Å². The largest absolute Gasteiger partial charge is 0.357 e. The summed E-state index contributed by atoms with van der Waals surface area (Å²) in [5, 5.41) is 11.8. The number of likely N-dealkylation sites (N-methyl/N-ethyl adjacent to an activating group) is 1. The maximum Gasteiger partial charge on any atom is 0.272 e. The number of nitrogens with zero attached hydrogens (tertiary/aromatic N) is 4. The molecular formula is C23H30N8O2. The molecule has 1 atom stereocenters. The summed E-state index contributed by atoms with van der Waals surface area (Å²) in [5.74, 6) is 0.211. The van der Waals surface area contributed by atoms with Crippen LogP contribution in [0.15, 0.2) is 42.9 Å². The van der Waals surface area contributed by atoms with E-state index in [9.17, 15) is 9.59 Å². The molecule has 1 aromatic carbocycles. The van der Waals surface area contributed by atoms with Gasteiger partial charge in [-0.3, -0.25) is 9.59 Å². The Kier molecular flexibility index (Phi) is 7.16. The number of benzene rings is 1. The van der Waals surface area contributed by atoms with Crippen molar-refractivity contribution in [2.24, 2.45) is 0 Å². The molecule has 0 spiro atoms. The molecular weight excluding hydrogens is 420 g/mol. The molecule has 0 aliphatic carbocycles. The highest BCUT2D eigenvalue weighted by Crippen LogP contribution is 2.24. The van der Waals surface area contributed by atoms with Crippen LogP contribution in [0.5, 0.6) is 0 Å². The molecule has 0 saturated heterocycles. The predicted octanol–water partition coefficient (Wildman–Crippen LogP) is 0.504. The fraction of sp³-hybridized carbons (Fsp3) is 0.391. The van der Waals surface area contributed by atoms with Gasteiger partial charge in [-0.15, -0.1) is 0 Å². The van der Waals surface area contributed by atoms with Crippen LogP contribution in [-0.4, -0.2) is 57.1 Å². The molecule has 0 radical (unpaired) electrons. The van der Waals surface area contributed by atoms with Gasteiger partial charge in [-0.05, 0) is 6.92 Å². The van der Waals surface area contributed by atoms with Crippen LogP contribution < -0.4 is 21.3 Å². The lowest BCUT2D eigenvalue weighted by Gasteiger charge is -2.19. The normalized spacial score (nSPS) is 15.3. The van der Waals surface area contributed by atoms with Crippen molar-refractivity contribution in [3.8, 4) is 11.4 Å². The lowest BCUT2D eigenvalue weighted by Crippen LogP contribution is -2.44. The second kappa shape index (κ2) is 10.4. The van der Waals surface area contributed by atoms with Gasteiger partial charge in [0.25, 0.3) is 5.91 Å². The molecule has 10 heteroatoms. The summed E-state index contributed by atoms with van der Waals surface area (Å²) in [7, 11) is 1.54. The zero-order valence-corrected chi connectivity index (χ0v) is 19.0. The first-order valence-corrected chi connectivity index (χ1v) is 11.2. The van der Waals surface area contributed by atoms with Crippen molar-refractivity contribution in [2.45, 2.75) is 39.1 Å². The molecule has 10 nitrogen and oxygen atoms in total. The number of fused-ring (bicyclic) bond motifs is 2. The van der Waals surface area contributed by atoms with Crippen LogP contribution >= 0.6 is 0 Å². The van der Waals surface area contributed by atoms with Gasteiger partial charge in [-0.2, -0.15) is 0 Å². The number of nitrogens with one attached hydrogen (secondary N) is 4. The maximum absolute atomic E-state index is 12.6. The Labute approximate surface area is 192 Å². The van der Waals surface area contributed by atoms with E-state index in [0.717, 1.165) is 49.8 Å². The number of carbonyl (C=O) groups is 2. The molecule has 2 aliphatic heterocycles. The van der Waals surface area contributed by atoms with Gasteiger partial charge in [0.05, 0.1) is 17.7 Å². The predicted molar refractivity (Wildman–Crippen MR) is 124 cm³/mol. The van der Waals surface area contributed by atoms with Crippen molar-refractivity contribution in [3.63, 3.8) is 0 Å². The van der Waals surface area contributed by atoms with Gasteiger partial charge in [0, 0.05) is 58.1 Å². The van der Waals surface area contributed by atoms with E-state index < -0.39 is 6.04 Å². The minimum absolute atomic E-state index is 0.238. The van der Waals surface area contributed by atoms with Crippen molar-refractivity contribution >= 4 is 11.8 Å². The smallest absolute Gasteiger partial charge is 0.272 e. The van der Waals surface area contributed by atoms with E-state index in [2.05, 4.69) is 40.4 Å². The monoisotopic (exact) mass is 450 g/mol. The zero-order chi connectivity index (χ0) is 23.2. The highest BCUT2D eigenvalue weighted by Gasteiger charge is 2.26. The third kappa shape index (κ3) is 5.12. The average Bonchev–Trinajstić information content (AvgIpc) is 3.49. The van der Waals surface area contributed by atoms with Gasteiger partial charge in [0.2, 0.25) is 5.91 Å². The number of hydrogen-bond donors (Lipinski definition) is 4. The fourth-order valence-electron chi connectivity index (χ4n) is 3.95. The molecule has 33 heavy (non-hydrogen) atoms. The molecule has 3 aromatic rings. The van der Waals surface area contributed by atoms with E-state index >= 15 is 0 Å². The van der Waals surface area contributed by atoms with E-state index in [-0.39, 0.29) is 11.8 Å². The van der Waals surface area contributed by atoms with Crippen LogP contribution in [0.25, 0.3) is 11.4 Å². The lowest BCUT2D eigenvalue weighted by atomic mass is 10.2. The number of carbonyl (C=O) groups excluding carboxylic acids is 2. The Hall–Kier alpha value is -3.50. The molecule has 0 unspecified atom stereocenters. The van der Waals surface area contributed by atoms with Crippen LogP contribution in [0.2, 0.25) is 0 Å². The SMILES string of the molecule is CNC(=O)[C@H](C)NC(=O)c1nc(-c2ccccc2)n2c1CNCC2.c1ncn2c1CNCC2.